The van der Waals surface area contributed by atoms with E-state index in [9.17, 15) is 5.26 Å². The maximum Gasteiger partial charge on any atom is 0.0701 e. The lowest BCUT2D eigenvalue weighted by Gasteiger charge is -2.40. The van der Waals surface area contributed by atoms with Gasteiger partial charge in [-0.2, -0.15) is 5.26 Å². The first-order valence-corrected chi connectivity index (χ1v) is 8.61. The molecule has 0 aliphatic heterocycles. The number of nitriles is 1. The van der Waals surface area contributed by atoms with Gasteiger partial charge >= 0.3 is 0 Å². The minimum absolute atomic E-state index is 0.119. The normalized spacial score (nSPS) is 28.1. The van der Waals surface area contributed by atoms with Gasteiger partial charge in [-0.3, -0.25) is 0 Å². The molecule has 0 bridgehead atoms. The molecule has 1 nitrogen and oxygen atoms in total. The summed E-state index contributed by atoms with van der Waals surface area (Å²) < 4.78 is 1.17. The van der Waals surface area contributed by atoms with E-state index < -0.39 is 0 Å². The average Bonchev–Trinajstić information content (AvgIpc) is 2.74. The van der Waals surface area contributed by atoms with E-state index >= 15 is 0 Å². The minimum atomic E-state index is -0.119. The summed E-state index contributed by atoms with van der Waals surface area (Å²) in [6.07, 6.45) is 5.44. The molecular weight excluding hydrogens is 318 g/mol. The van der Waals surface area contributed by atoms with Crippen LogP contribution in [0.5, 0.6) is 0 Å². The Bertz CT molecular complexity index is 470. The van der Waals surface area contributed by atoms with E-state index in [1.807, 2.05) is 0 Å². The number of hydrogen-bond acceptors (Lipinski definition) is 2. The molecule has 1 saturated carbocycles. The lowest BCUT2D eigenvalue weighted by molar-refractivity contribution is 0.121. The predicted octanol–water partition coefficient (Wildman–Crippen LogP) is 5.80. The second-order valence-electron chi connectivity index (χ2n) is 6.92. The lowest BCUT2D eigenvalue weighted by Crippen LogP contribution is -2.33. The van der Waals surface area contributed by atoms with Crippen molar-refractivity contribution in [2.45, 2.75) is 52.9 Å². The first-order chi connectivity index (χ1) is 8.85. The standard InChI is InChI=1S/C16H22BrNS/c1-15(2,3)12-6-8-16(11-18,9-7-12)10-13-4-5-14(17)19-13/h4-5,12H,6-10H2,1-3H3. The molecule has 0 amide bonds. The fourth-order valence-corrected chi connectivity index (χ4v) is 4.77. The fraction of sp³-hybridized carbons (Fsp3) is 0.688. The number of thiophene rings is 1. The van der Waals surface area contributed by atoms with Gasteiger partial charge in [0, 0.05) is 11.3 Å². The van der Waals surface area contributed by atoms with Gasteiger partial charge in [0.25, 0.3) is 0 Å². The van der Waals surface area contributed by atoms with Crippen molar-refractivity contribution in [1.29, 1.82) is 5.26 Å². The summed E-state index contributed by atoms with van der Waals surface area (Å²) in [5, 5.41) is 9.64. The monoisotopic (exact) mass is 339 g/mol. The zero-order valence-corrected chi connectivity index (χ0v) is 14.4. The van der Waals surface area contributed by atoms with E-state index in [0.717, 1.165) is 25.2 Å². The molecule has 0 unspecified atom stereocenters. The summed E-state index contributed by atoms with van der Waals surface area (Å²) >= 11 is 5.27. The van der Waals surface area contributed by atoms with Gasteiger partial charge in [-0.1, -0.05) is 20.8 Å². The molecule has 3 heteroatoms. The largest absolute Gasteiger partial charge is 0.198 e. The SMILES string of the molecule is CC(C)(C)C1CCC(C#N)(Cc2ccc(Br)s2)CC1. The Balaban J connectivity index is 2.04. The summed E-state index contributed by atoms with van der Waals surface area (Å²) in [7, 11) is 0. The van der Waals surface area contributed by atoms with Gasteiger partial charge < -0.3 is 0 Å². The highest BCUT2D eigenvalue weighted by molar-refractivity contribution is 9.11. The maximum absolute atomic E-state index is 9.64. The first kappa shape index (κ1) is 15.1. The van der Waals surface area contributed by atoms with Gasteiger partial charge in [0.15, 0.2) is 0 Å². The molecule has 1 aromatic heterocycles. The molecule has 1 aliphatic carbocycles. The second-order valence-corrected chi connectivity index (χ2v) is 9.46. The molecule has 0 radical (unpaired) electrons. The van der Waals surface area contributed by atoms with Gasteiger partial charge in [0.2, 0.25) is 0 Å². The number of nitrogens with zero attached hydrogens (tertiary/aromatic N) is 1. The van der Waals surface area contributed by atoms with E-state index in [0.29, 0.717) is 5.41 Å². The summed E-state index contributed by atoms with van der Waals surface area (Å²) in [4.78, 5) is 1.34. The summed E-state index contributed by atoms with van der Waals surface area (Å²) in [5.74, 6) is 0.768. The number of halogens is 1. The van der Waals surface area contributed by atoms with Crippen LogP contribution in [0, 0.1) is 28.1 Å². The molecule has 0 N–H and O–H groups in total. The van der Waals surface area contributed by atoms with Gasteiger partial charge in [-0.25, -0.2) is 0 Å². The van der Waals surface area contributed by atoms with Crippen molar-refractivity contribution in [3.05, 3.63) is 20.8 Å². The fourth-order valence-electron chi connectivity index (χ4n) is 3.14. The highest BCUT2D eigenvalue weighted by Gasteiger charge is 2.39. The zero-order chi connectivity index (χ0) is 14.1. The van der Waals surface area contributed by atoms with Crippen LogP contribution in [-0.4, -0.2) is 0 Å². The third-order valence-electron chi connectivity index (χ3n) is 4.55. The minimum Gasteiger partial charge on any atom is -0.198 e. The van der Waals surface area contributed by atoms with E-state index in [1.165, 1.54) is 21.5 Å². The van der Waals surface area contributed by atoms with Crippen molar-refractivity contribution in [1.82, 2.24) is 0 Å². The quantitative estimate of drug-likeness (QED) is 0.667. The predicted molar refractivity (Wildman–Crippen MR) is 85.2 cm³/mol. The van der Waals surface area contributed by atoms with Crippen LogP contribution in [0.2, 0.25) is 0 Å². The van der Waals surface area contributed by atoms with Gasteiger partial charge in [-0.05, 0) is 65.1 Å². The van der Waals surface area contributed by atoms with Crippen molar-refractivity contribution in [3.63, 3.8) is 0 Å². The summed E-state index contributed by atoms with van der Waals surface area (Å²) in [5.41, 5.74) is 0.264. The van der Waals surface area contributed by atoms with Crippen LogP contribution in [-0.2, 0) is 6.42 Å². The molecule has 1 heterocycles. The molecular formula is C16H22BrNS. The Labute approximate surface area is 129 Å². The molecule has 1 aliphatic rings. The van der Waals surface area contributed by atoms with Crippen LogP contribution in [0.1, 0.15) is 51.3 Å². The van der Waals surface area contributed by atoms with Crippen LogP contribution in [0.15, 0.2) is 15.9 Å². The van der Waals surface area contributed by atoms with Crippen LogP contribution < -0.4 is 0 Å². The Morgan fingerprint density at radius 3 is 2.42 bits per heavy atom. The van der Waals surface area contributed by atoms with Crippen LogP contribution in [0.3, 0.4) is 0 Å². The Hall–Kier alpha value is -0.330. The van der Waals surface area contributed by atoms with Crippen molar-refractivity contribution >= 4 is 27.3 Å². The van der Waals surface area contributed by atoms with Crippen LogP contribution in [0.25, 0.3) is 0 Å². The molecule has 0 saturated heterocycles. The van der Waals surface area contributed by atoms with Crippen molar-refractivity contribution in [3.8, 4) is 6.07 Å². The summed E-state index contributed by atoms with van der Waals surface area (Å²) in [6.45, 7) is 6.98. The second kappa shape index (κ2) is 5.58. The third kappa shape index (κ3) is 3.61. The smallest absolute Gasteiger partial charge is 0.0701 e. The van der Waals surface area contributed by atoms with Crippen LogP contribution in [0.4, 0.5) is 0 Å². The van der Waals surface area contributed by atoms with Gasteiger partial charge in [0.05, 0.1) is 15.3 Å². The van der Waals surface area contributed by atoms with E-state index in [1.54, 1.807) is 11.3 Å². The average molecular weight is 340 g/mol. The van der Waals surface area contributed by atoms with Crippen molar-refractivity contribution in [2.24, 2.45) is 16.7 Å². The van der Waals surface area contributed by atoms with Crippen LogP contribution >= 0.6 is 27.3 Å². The van der Waals surface area contributed by atoms with E-state index in [4.69, 9.17) is 0 Å². The molecule has 0 spiro atoms. The van der Waals surface area contributed by atoms with E-state index in [2.05, 4.69) is 54.9 Å². The molecule has 1 aromatic rings. The lowest BCUT2D eigenvalue weighted by atomic mass is 9.63. The molecule has 19 heavy (non-hydrogen) atoms. The zero-order valence-electron chi connectivity index (χ0n) is 12.0. The molecule has 0 atom stereocenters. The highest BCUT2D eigenvalue weighted by Crippen LogP contribution is 2.47. The number of hydrogen-bond donors (Lipinski definition) is 0. The van der Waals surface area contributed by atoms with Gasteiger partial charge in [0.1, 0.15) is 0 Å². The summed E-state index contributed by atoms with van der Waals surface area (Å²) in [6, 6.07) is 6.88. The molecule has 104 valence electrons. The number of rotatable bonds is 2. The Morgan fingerprint density at radius 2 is 2.00 bits per heavy atom. The molecule has 2 rings (SSSR count). The first-order valence-electron chi connectivity index (χ1n) is 7.00. The Kier molecular flexibility index (Phi) is 4.42. The molecule has 0 aromatic carbocycles. The van der Waals surface area contributed by atoms with Gasteiger partial charge in [-0.15, -0.1) is 11.3 Å². The highest BCUT2D eigenvalue weighted by atomic mass is 79.9. The third-order valence-corrected chi connectivity index (χ3v) is 6.17. The topological polar surface area (TPSA) is 23.8 Å². The molecule has 1 fully saturated rings. The maximum atomic E-state index is 9.64. The Morgan fingerprint density at radius 1 is 1.37 bits per heavy atom. The van der Waals surface area contributed by atoms with Crippen molar-refractivity contribution < 1.29 is 0 Å². The van der Waals surface area contributed by atoms with E-state index in [-0.39, 0.29) is 5.41 Å². The van der Waals surface area contributed by atoms with Crippen molar-refractivity contribution in [2.75, 3.05) is 0 Å².